The van der Waals surface area contributed by atoms with Crippen LogP contribution < -0.4 is 9.62 Å². The van der Waals surface area contributed by atoms with Crippen LogP contribution >= 0.6 is 0 Å². The first-order valence-corrected chi connectivity index (χ1v) is 11.8. The number of para-hydroxylation sites is 1. The van der Waals surface area contributed by atoms with E-state index >= 15 is 0 Å². The minimum Gasteiger partial charge on any atom is -0.449 e. The topological polar surface area (TPSA) is 92.8 Å². The van der Waals surface area contributed by atoms with Gasteiger partial charge in [0.25, 0.3) is 5.91 Å². The number of esters is 1. The van der Waals surface area contributed by atoms with E-state index in [4.69, 9.17) is 4.74 Å². The van der Waals surface area contributed by atoms with Crippen LogP contribution in [0.25, 0.3) is 0 Å². The SMILES string of the molecule is C[C@H](OC(=O)c1ccc(CCNS(C)(=O)=O)cc1)C(=O)N1CCCc2ccccc21. The average Bonchev–Trinajstić information content (AvgIpc) is 2.72. The predicted octanol–water partition coefficient (Wildman–Crippen LogP) is 2.30. The molecule has 1 heterocycles. The van der Waals surface area contributed by atoms with E-state index in [0.717, 1.165) is 35.9 Å². The molecule has 0 unspecified atom stereocenters. The van der Waals surface area contributed by atoms with Gasteiger partial charge in [-0.05, 0) is 55.5 Å². The zero-order valence-electron chi connectivity index (χ0n) is 17.1. The van der Waals surface area contributed by atoms with Crippen molar-refractivity contribution in [2.24, 2.45) is 0 Å². The third kappa shape index (κ3) is 5.67. The lowest BCUT2D eigenvalue weighted by atomic mass is 10.0. The van der Waals surface area contributed by atoms with Crippen molar-refractivity contribution in [2.75, 3.05) is 24.2 Å². The molecular weight excluding hydrogens is 404 g/mol. The maximum Gasteiger partial charge on any atom is 0.338 e. The van der Waals surface area contributed by atoms with E-state index < -0.39 is 22.1 Å². The number of benzene rings is 2. The second-order valence-corrected chi connectivity index (χ2v) is 9.22. The maximum absolute atomic E-state index is 12.9. The molecular formula is C22H26N2O5S. The summed E-state index contributed by atoms with van der Waals surface area (Å²) in [5.41, 5.74) is 3.23. The number of hydrogen-bond acceptors (Lipinski definition) is 5. The predicted molar refractivity (Wildman–Crippen MR) is 115 cm³/mol. The van der Waals surface area contributed by atoms with E-state index in [9.17, 15) is 18.0 Å². The lowest BCUT2D eigenvalue weighted by molar-refractivity contribution is -0.126. The van der Waals surface area contributed by atoms with Crippen molar-refractivity contribution in [2.45, 2.75) is 32.3 Å². The highest BCUT2D eigenvalue weighted by atomic mass is 32.2. The van der Waals surface area contributed by atoms with Gasteiger partial charge in [0, 0.05) is 18.8 Å². The second kappa shape index (κ2) is 9.40. The summed E-state index contributed by atoms with van der Waals surface area (Å²) in [6.07, 6.45) is 2.52. The summed E-state index contributed by atoms with van der Waals surface area (Å²) in [5, 5.41) is 0. The highest BCUT2D eigenvalue weighted by Crippen LogP contribution is 2.27. The smallest absolute Gasteiger partial charge is 0.338 e. The number of aryl methyl sites for hydroxylation is 1. The molecule has 1 N–H and O–H groups in total. The normalized spacial score (nSPS) is 14.7. The van der Waals surface area contributed by atoms with Crippen LogP contribution in [-0.4, -0.2) is 45.7 Å². The largest absolute Gasteiger partial charge is 0.449 e. The number of amides is 1. The highest BCUT2D eigenvalue weighted by molar-refractivity contribution is 7.88. The Morgan fingerprint density at radius 3 is 2.53 bits per heavy atom. The zero-order chi connectivity index (χ0) is 21.7. The summed E-state index contributed by atoms with van der Waals surface area (Å²) in [6.45, 7) is 2.47. The Morgan fingerprint density at radius 1 is 1.13 bits per heavy atom. The quantitative estimate of drug-likeness (QED) is 0.681. The summed E-state index contributed by atoms with van der Waals surface area (Å²) in [6, 6.07) is 14.5. The fourth-order valence-corrected chi connectivity index (χ4v) is 3.92. The molecule has 0 fully saturated rings. The number of anilines is 1. The molecule has 0 aromatic heterocycles. The van der Waals surface area contributed by atoms with E-state index in [1.54, 1.807) is 36.1 Å². The molecule has 0 saturated carbocycles. The maximum atomic E-state index is 12.9. The molecule has 2 aromatic rings. The molecule has 1 aliphatic heterocycles. The average molecular weight is 431 g/mol. The van der Waals surface area contributed by atoms with E-state index in [1.165, 1.54) is 0 Å². The first-order chi connectivity index (χ1) is 14.2. The summed E-state index contributed by atoms with van der Waals surface area (Å²) >= 11 is 0. The number of rotatable bonds is 7. The van der Waals surface area contributed by atoms with Crippen molar-refractivity contribution >= 4 is 27.6 Å². The van der Waals surface area contributed by atoms with Gasteiger partial charge in [0.1, 0.15) is 0 Å². The molecule has 1 atom stereocenters. The van der Waals surface area contributed by atoms with Gasteiger partial charge in [0.15, 0.2) is 6.10 Å². The number of ether oxygens (including phenoxy) is 1. The Kier molecular flexibility index (Phi) is 6.89. The van der Waals surface area contributed by atoms with Crippen molar-refractivity contribution in [3.63, 3.8) is 0 Å². The Labute approximate surface area is 177 Å². The van der Waals surface area contributed by atoms with Gasteiger partial charge in [-0.25, -0.2) is 17.9 Å². The Bertz CT molecular complexity index is 1020. The Hall–Kier alpha value is -2.71. The molecule has 1 amide bonds. The molecule has 0 bridgehead atoms. The molecule has 0 aliphatic carbocycles. The fraction of sp³-hybridized carbons (Fsp3) is 0.364. The van der Waals surface area contributed by atoms with Crippen LogP contribution in [0.3, 0.4) is 0 Å². The van der Waals surface area contributed by atoms with Gasteiger partial charge in [-0.3, -0.25) is 4.79 Å². The van der Waals surface area contributed by atoms with E-state index in [1.807, 2.05) is 24.3 Å². The molecule has 0 spiro atoms. The zero-order valence-corrected chi connectivity index (χ0v) is 17.9. The number of nitrogens with one attached hydrogen (secondary N) is 1. The monoisotopic (exact) mass is 430 g/mol. The van der Waals surface area contributed by atoms with Crippen LogP contribution in [0.4, 0.5) is 5.69 Å². The summed E-state index contributed by atoms with van der Waals surface area (Å²) in [7, 11) is -3.23. The van der Waals surface area contributed by atoms with Gasteiger partial charge >= 0.3 is 5.97 Å². The molecule has 160 valence electrons. The van der Waals surface area contributed by atoms with Crippen LogP contribution in [0.1, 0.15) is 34.8 Å². The van der Waals surface area contributed by atoms with Crippen molar-refractivity contribution < 1.29 is 22.7 Å². The van der Waals surface area contributed by atoms with Crippen LogP contribution in [0, 0.1) is 0 Å². The van der Waals surface area contributed by atoms with Gasteiger partial charge in [-0.15, -0.1) is 0 Å². The molecule has 8 heteroatoms. The Balaban J connectivity index is 1.58. The molecule has 30 heavy (non-hydrogen) atoms. The van der Waals surface area contributed by atoms with Crippen LogP contribution in [-0.2, 0) is 32.4 Å². The van der Waals surface area contributed by atoms with Crippen molar-refractivity contribution in [1.82, 2.24) is 4.72 Å². The molecule has 7 nitrogen and oxygen atoms in total. The molecule has 0 radical (unpaired) electrons. The molecule has 1 aliphatic rings. The van der Waals surface area contributed by atoms with Gasteiger partial charge in [-0.1, -0.05) is 30.3 Å². The number of fused-ring (bicyclic) bond motifs is 1. The lowest BCUT2D eigenvalue weighted by Gasteiger charge is -2.31. The van der Waals surface area contributed by atoms with Gasteiger partial charge in [-0.2, -0.15) is 0 Å². The van der Waals surface area contributed by atoms with Crippen molar-refractivity contribution in [1.29, 1.82) is 0 Å². The number of nitrogens with zero attached hydrogens (tertiary/aromatic N) is 1. The summed E-state index contributed by atoms with van der Waals surface area (Å²) < 4.78 is 30.0. The molecule has 2 aromatic carbocycles. The van der Waals surface area contributed by atoms with Gasteiger partial charge in [0.2, 0.25) is 10.0 Å². The molecule has 3 rings (SSSR count). The standard InChI is InChI=1S/C22H26N2O5S/c1-16(21(25)24-15-5-7-18-6-3-4-8-20(18)24)29-22(26)19-11-9-17(10-12-19)13-14-23-30(2,27)28/h3-4,6,8-12,16,23H,5,7,13-15H2,1-2H3/t16-/m0/s1. The summed E-state index contributed by atoms with van der Waals surface area (Å²) in [5.74, 6) is -0.805. The summed E-state index contributed by atoms with van der Waals surface area (Å²) in [4.78, 5) is 27.0. The third-order valence-corrected chi connectivity index (χ3v) is 5.70. The highest BCUT2D eigenvalue weighted by Gasteiger charge is 2.28. The number of sulfonamides is 1. The first-order valence-electron chi connectivity index (χ1n) is 9.88. The van der Waals surface area contributed by atoms with Gasteiger partial charge in [0.05, 0.1) is 11.8 Å². The van der Waals surface area contributed by atoms with Gasteiger partial charge < -0.3 is 9.64 Å². The number of carbonyl (C=O) groups is 2. The van der Waals surface area contributed by atoms with Crippen molar-refractivity contribution in [3.8, 4) is 0 Å². The minimum atomic E-state index is -3.23. The van der Waals surface area contributed by atoms with Crippen molar-refractivity contribution in [3.05, 3.63) is 65.2 Å². The van der Waals surface area contributed by atoms with E-state index in [0.29, 0.717) is 18.5 Å². The van der Waals surface area contributed by atoms with Crippen LogP contribution in [0.5, 0.6) is 0 Å². The third-order valence-electron chi connectivity index (χ3n) is 4.98. The first kappa shape index (κ1) is 22.0. The Morgan fingerprint density at radius 2 is 1.83 bits per heavy atom. The number of carbonyl (C=O) groups excluding carboxylic acids is 2. The lowest BCUT2D eigenvalue weighted by Crippen LogP contribution is -2.42. The number of hydrogen-bond donors (Lipinski definition) is 1. The van der Waals surface area contributed by atoms with E-state index in [2.05, 4.69) is 4.72 Å². The fourth-order valence-electron chi connectivity index (χ4n) is 3.45. The second-order valence-electron chi connectivity index (χ2n) is 7.38. The van der Waals surface area contributed by atoms with Crippen LogP contribution in [0.15, 0.2) is 48.5 Å². The minimum absolute atomic E-state index is 0.237. The van der Waals surface area contributed by atoms with Crippen LogP contribution in [0.2, 0.25) is 0 Å². The van der Waals surface area contributed by atoms with E-state index in [-0.39, 0.29) is 12.5 Å². The molecule has 0 saturated heterocycles.